The standard InChI is InChI=1S/C17H18N4O2S/c1-11-9-14(12(2)21(11)10-13-5-4-8-24-13)16(22)19-20-17(23)15-6-3-7-18-15/h3-9,18H,10H2,1-2H3,(H,19,22)(H,20,23). The van der Waals surface area contributed by atoms with Crippen LogP contribution in [0.25, 0.3) is 0 Å². The summed E-state index contributed by atoms with van der Waals surface area (Å²) in [7, 11) is 0. The summed E-state index contributed by atoms with van der Waals surface area (Å²) in [5, 5.41) is 2.03. The first kappa shape index (κ1) is 16.1. The number of hydrogen-bond acceptors (Lipinski definition) is 3. The molecule has 3 rings (SSSR count). The van der Waals surface area contributed by atoms with E-state index in [0.29, 0.717) is 11.3 Å². The van der Waals surface area contributed by atoms with Crippen molar-refractivity contribution >= 4 is 23.2 Å². The van der Waals surface area contributed by atoms with Crippen molar-refractivity contribution in [2.75, 3.05) is 0 Å². The summed E-state index contributed by atoms with van der Waals surface area (Å²) in [5.74, 6) is -0.721. The van der Waals surface area contributed by atoms with E-state index >= 15 is 0 Å². The number of nitrogens with zero attached hydrogens (tertiary/aromatic N) is 1. The van der Waals surface area contributed by atoms with E-state index in [1.807, 2.05) is 31.4 Å². The van der Waals surface area contributed by atoms with Crippen molar-refractivity contribution in [1.29, 1.82) is 0 Å². The molecule has 0 aliphatic heterocycles. The predicted octanol–water partition coefficient (Wildman–Crippen LogP) is 2.62. The van der Waals surface area contributed by atoms with E-state index in [0.717, 1.165) is 17.9 Å². The summed E-state index contributed by atoms with van der Waals surface area (Å²) in [6.45, 7) is 4.61. The number of H-pyrrole nitrogens is 1. The Hall–Kier alpha value is -2.80. The molecule has 0 atom stereocenters. The highest BCUT2D eigenvalue weighted by atomic mass is 32.1. The Morgan fingerprint density at radius 1 is 1.17 bits per heavy atom. The van der Waals surface area contributed by atoms with Gasteiger partial charge in [-0.05, 0) is 43.5 Å². The minimum atomic E-state index is -0.388. The summed E-state index contributed by atoms with van der Waals surface area (Å²) in [6, 6.07) is 9.26. The van der Waals surface area contributed by atoms with Gasteiger partial charge in [-0.2, -0.15) is 0 Å². The largest absolute Gasteiger partial charge is 0.357 e. The highest BCUT2D eigenvalue weighted by Gasteiger charge is 2.17. The minimum Gasteiger partial charge on any atom is -0.357 e. The van der Waals surface area contributed by atoms with E-state index in [1.54, 1.807) is 29.7 Å². The maximum absolute atomic E-state index is 12.4. The fourth-order valence-electron chi connectivity index (χ4n) is 2.55. The van der Waals surface area contributed by atoms with Crippen molar-refractivity contribution in [3.05, 3.63) is 69.4 Å². The first-order chi connectivity index (χ1) is 11.6. The first-order valence-corrected chi connectivity index (χ1v) is 8.37. The van der Waals surface area contributed by atoms with Crippen LogP contribution in [0.2, 0.25) is 0 Å². The molecule has 24 heavy (non-hydrogen) atoms. The molecule has 0 aliphatic carbocycles. The first-order valence-electron chi connectivity index (χ1n) is 7.49. The number of carbonyl (C=O) groups excluding carboxylic acids is 2. The highest BCUT2D eigenvalue weighted by Crippen LogP contribution is 2.19. The normalized spacial score (nSPS) is 10.6. The summed E-state index contributed by atoms with van der Waals surface area (Å²) >= 11 is 1.68. The van der Waals surface area contributed by atoms with Gasteiger partial charge in [0.05, 0.1) is 12.1 Å². The third-order valence-electron chi connectivity index (χ3n) is 3.84. The SMILES string of the molecule is Cc1cc(C(=O)NNC(=O)c2ccc[nH]2)c(C)n1Cc1cccs1. The van der Waals surface area contributed by atoms with Gasteiger partial charge in [-0.25, -0.2) is 0 Å². The Bertz CT molecular complexity index is 848. The van der Waals surface area contributed by atoms with Crippen LogP contribution in [0.5, 0.6) is 0 Å². The molecule has 2 amide bonds. The van der Waals surface area contributed by atoms with E-state index in [2.05, 4.69) is 26.5 Å². The second-order valence-electron chi connectivity index (χ2n) is 5.44. The van der Waals surface area contributed by atoms with Gasteiger partial charge in [-0.15, -0.1) is 11.3 Å². The zero-order valence-electron chi connectivity index (χ0n) is 13.4. The summed E-state index contributed by atoms with van der Waals surface area (Å²) in [4.78, 5) is 28.2. The van der Waals surface area contributed by atoms with E-state index < -0.39 is 0 Å². The molecular formula is C17H18N4O2S. The monoisotopic (exact) mass is 342 g/mol. The van der Waals surface area contributed by atoms with Crippen molar-refractivity contribution in [3.8, 4) is 0 Å². The van der Waals surface area contributed by atoms with Gasteiger partial charge in [0.25, 0.3) is 11.8 Å². The molecule has 3 aromatic heterocycles. The fourth-order valence-corrected chi connectivity index (χ4v) is 3.25. The fraction of sp³-hybridized carbons (Fsp3) is 0.176. The molecule has 0 bridgehead atoms. The van der Waals surface area contributed by atoms with Gasteiger partial charge >= 0.3 is 0 Å². The van der Waals surface area contributed by atoms with Crippen molar-refractivity contribution < 1.29 is 9.59 Å². The number of amides is 2. The molecule has 6 nitrogen and oxygen atoms in total. The molecular weight excluding hydrogens is 324 g/mol. The lowest BCUT2D eigenvalue weighted by Gasteiger charge is -2.09. The van der Waals surface area contributed by atoms with Crippen LogP contribution in [-0.2, 0) is 6.54 Å². The number of aromatic amines is 1. The van der Waals surface area contributed by atoms with Gasteiger partial charge in [0.2, 0.25) is 0 Å². The third kappa shape index (κ3) is 3.26. The van der Waals surface area contributed by atoms with Crippen LogP contribution < -0.4 is 10.9 Å². The number of rotatable bonds is 4. The van der Waals surface area contributed by atoms with E-state index in [9.17, 15) is 9.59 Å². The second kappa shape index (κ2) is 6.76. The molecule has 0 radical (unpaired) electrons. The number of thiophene rings is 1. The number of nitrogens with one attached hydrogen (secondary N) is 3. The van der Waals surface area contributed by atoms with Crippen molar-refractivity contribution in [3.63, 3.8) is 0 Å². The predicted molar refractivity (Wildman–Crippen MR) is 93.1 cm³/mol. The van der Waals surface area contributed by atoms with Crippen LogP contribution in [0.4, 0.5) is 0 Å². The zero-order valence-corrected chi connectivity index (χ0v) is 14.2. The number of aromatic nitrogens is 2. The van der Waals surface area contributed by atoms with Gasteiger partial charge in [0, 0.05) is 22.5 Å². The Labute approximate surface area is 143 Å². The van der Waals surface area contributed by atoms with Crippen LogP contribution in [0.1, 0.15) is 37.1 Å². The Morgan fingerprint density at radius 3 is 2.62 bits per heavy atom. The molecule has 3 N–H and O–H groups in total. The van der Waals surface area contributed by atoms with Crippen LogP contribution in [0.15, 0.2) is 41.9 Å². The van der Waals surface area contributed by atoms with E-state index in [4.69, 9.17) is 0 Å². The van der Waals surface area contributed by atoms with Crippen LogP contribution in [-0.4, -0.2) is 21.4 Å². The minimum absolute atomic E-state index is 0.333. The molecule has 0 fully saturated rings. The van der Waals surface area contributed by atoms with Gasteiger partial charge in [0.1, 0.15) is 5.69 Å². The molecule has 0 spiro atoms. The molecule has 3 heterocycles. The number of hydrogen-bond donors (Lipinski definition) is 3. The summed E-state index contributed by atoms with van der Waals surface area (Å²) < 4.78 is 2.09. The molecule has 0 saturated carbocycles. The smallest absolute Gasteiger partial charge is 0.286 e. The van der Waals surface area contributed by atoms with E-state index in [1.165, 1.54) is 4.88 Å². The highest BCUT2D eigenvalue weighted by molar-refractivity contribution is 7.09. The lowest BCUT2D eigenvalue weighted by Crippen LogP contribution is -2.41. The topological polar surface area (TPSA) is 78.9 Å². The van der Waals surface area contributed by atoms with Crippen LogP contribution in [0, 0.1) is 13.8 Å². The van der Waals surface area contributed by atoms with Gasteiger partial charge in [-0.3, -0.25) is 20.4 Å². The van der Waals surface area contributed by atoms with Crippen LogP contribution >= 0.6 is 11.3 Å². The van der Waals surface area contributed by atoms with Crippen molar-refractivity contribution in [1.82, 2.24) is 20.4 Å². The van der Waals surface area contributed by atoms with Gasteiger partial charge < -0.3 is 9.55 Å². The quantitative estimate of drug-likeness (QED) is 0.637. The lowest BCUT2D eigenvalue weighted by atomic mass is 10.2. The molecule has 3 aromatic rings. The summed E-state index contributed by atoms with van der Waals surface area (Å²) in [6.07, 6.45) is 1.65. The Morgan fingerprint density at radius 2 is 1.96 bits per heavy atom. The molecule has 0 aromatic carbocycles. The van der Waals surface area contributed by atoms with Gasteiger partial charge in [0.15, 0.2) is 0 Å². The zero-order chi connectivity index (χ0) is 17.1. The molecule has 0 aliphatic rings. The second-order valence-corrected chi connectivity index (χ2v) is 6.47. The molecule has 7 heteroatoms. The third-order valence-corrected chi connectivity index (χ3v) is 4.71. The maximum atomic E-state index is 12.4. The van der Waals surface area contributed by atoms with Crippen molar-refractivity contribution in [2.45, 2.75) is 20.4 Å². The molecule has 124 valence electrons. The van der Waals surface area contributed by atoms with Gasteiger partial charge in [-0.1, -0.05) is 6.07 Å². The number of aryl methyl sites for hydroxylation is 1. The van der Waals surface area contributed by atoms with E-state index in [-0.39, 0.29) is 11.8 Å². The number of hydrazine groups is 1. The maximum Gasteiger partial charge on any atom is 0.286 e. The average molecular weight is 342 g/mol. The molecule has 0 unspecified atom stereocenters. The van der Waals surface area contributed by atoms with Crippen molar-refractivity contribution in [2.24, 2.45) is 0 Å². The Kier molecular flexibility index (Phi) is 4.52. The summed E-state index contributed by atoms with van der Waals surface area (Å²) in [5.41, 5.74) is 7.67. The number of carbonyl (C=O) groups is 2. The average Bonchev–Trinajstić information content (AvgIpc) is 3.30. The lowest BCUT2D eigenvalue weighted by molar-refractivity contribution is 0.0844. The van der Waals surface area contributed by atoms with Crippen LogP contribution in [0.3, 0.4) is 0 Å². The molecule has 0 saturated heterocycles. The Balaban J connectivity index is 1.70.